The number of benzene rings is 1. The van der Waals surface area contributed by atoms with Crippen LogP contribution in [0, 0.1) is 0 Å². The zero-order chi connectivity index (χ0) is 10.2. The van der Waals surface area contributed by atoms with Crippen molar-refractivity contribution < 1.29 is 0 Å². The van der Waals surface area contributed by atoms with Crippen molar-refractivity contribution in [3.63, 3.8) is 0 Å². The van der Waals surface area contributed by atoms with E-state index in [1.807, 2.05) is 0 Å². The maximum Gasteiger partial charge on any atom is -0.00104 e. The fourth-order valence-corrected chi connectivity index (χ4v) is 1.49. The molecule has 76 valence electrons. The molecule has 0 aliphatic carbocycles. The van der Waals surface area contributed by atoms with Crippen molar-refractivity contribution in [1.29, 1.82) is 0 Å². The maximum absolute atomic E-state index is 2.31. The largest absolute Gasteiger partial charge is 0.0879 e. The molecule has 0 radical (unpaired) electrons. The fourth-order valence-electron chi connectivity index (χ4n) is 1.49. The van der Waals surface area contributed by atoms with Gasteiger partial charge >= 0.3 is 0 Å². The van der Waals surface area contributed by atoms with E-state index < -0.39 is 0 Å². The Morgan fingerprint density at radius 1 is 1.21 bits per heavy atom. The SMILES string of the molecule is CCCC/C=C/[C@@H](C)c1ccccc1. The van der Waals surface area contributed by atoms with Gasteiger partial charge in [-0.05, 0) is 17.9 Å². The van der Waals surface area contributed by atoms with Gasteiger partial charge in [0.1, 0.15) is 0 Å². The Balaban J connectivity index is 2.42. The van der Waals surface area contributed by atoms with Crippen LogP contribution in [-0.4, -0.2) is 0 Å². The van der Waals surface area contributed by atoms with E-state index in [0.717, 1.165) is 0 Å². The summed E-state index contributed by atoms with van der Waals surface area (Å²) >= 11 is 0. The second kappa shape index (κ2) is 6.42. The summed E-state index contributed by atoms with van der Waals surface area (Å²) in [7, 11) is 0. The standard InChI is InChI=1S/C14H20/c1-3-4-5-7-10-13(2)14-11-8-6-9-12-14/h6-13H,3-5H2,1-2H3/b10-7+/t13-/m1/s1. The number of allylic oxidation sites excluding steroid dienone is 2. The van der Waals surface area contributed by atoms with E-state index >= 15 is 0 Å². The molecule has 0 amide bonds. The third kappa shape index (κ3) is 3.78. The lowest BCUT2D eigenvalue weighted by atomic mass is 10.0. The second-order valence-electron chi connectivity index (χ2n) is 3.77. The molecule has 0 unspecified atom stereocenters. The van der Waals surface area contributed by atoms with E-state index in [0.29, 0.717) is 5.92 Å². The Morgan fingerprint density at radius 3 is 2.57 bits per heavy atom. The minimum atomic E-state index is 0.549. The highest BCUT2D eigenvalue weighted by atomic mass is 14.0. The van der Waals surface area contributed by atoms with Crippen molar-refractivity contribution in [2.24, 2.45) is 0 Å². The zero-order valence-electron chi connectivity index (χ0n) is 9.24. The Morgan fingerprint density at radius 2 is 1.93 bits per heavy atom. The van der Waals surface area contributed by atoms with Crippen LogP contribution >= 0.6 is 0 Å². The van der Waals surface area contributed by atoms with Crippen LogP contribution in [0.3, 0.4) is 0 Å². The van der Waals surface area contributed by atoms with Crippen LogP contribution in [0.15, 0.2) is 42.5 Å². The van der Waals surface area contributed by atoms with Gasteiger partial charge in [-0.15, -0.1) is 0 Å². The minimum absolute atomic E-state index is 0.549. The summed E-state index contributed by atoms with van der Waals surface area (Å²) in [5.41, 5.74) is 1.40. The molecule has 0 bridgehead atoms. The molecular formula is C14H20. The van der Waals surface area contributed by atoms with E-state index in [9.17, 15) is 0 Å². The normalized spacial score (nSPS) is 13.3. The molecular weight excluding hydrogens is 168 g/mol. The van der Waals surface area contributed by atoms with Crippen molar-refractivity contribution in [3.8, 4) is 0 Å². The highest BCUT2D eigenvalue weighted by molar-refractivity contribution is 5.22. The van der Waals surface area contributed by atoms with Crippen LogP contribution < -0.4 is 0 Å². The van der Waals surface area contributed by atoms with Crippen molar-refractivity contribution in [2.75, 3.05) is 0 Å². The minimum Gasteiger partial charge on any atom is -0.0879 e. The second-order valence-corrected chi connectivity index (χ2v) is 3.77. The average molecular weight is 188 g/mol. The van der Waals surface area contributed by atoms with Crippen LogP contribution in [0.5, 0.6) is 0 Å². The Bertz CT molecular complexity index is 259. The summed E-state index contributed by atoms with van der Waals surface area (Å²) in [6, 6.07) is 10.7. The molecule has 0 spiro atoms. The van der Waals surface area contributed by atoms with Gasteiger partial charge in [0.15, 0.2) is 0 Å². The summed E-state index contributed by atoms with van der Waals surface area (Å²) in [6.07, 6.45) is 8.42. The average Bonchev–Trinajstić information content (AvgIpc) is 2.25. The molecule has 0 saturated heterocycles. The third-order valence-corrected chi connectivity index (χ3v) is 2.47. The topological polar surface area (TPSA) is 0 Å². The molecule has 0 aliphatic heterocycles. The predicted molar refractivity (Wildman–Crippen MR) is 63.5 cm³/mol. The lowest BCUT2D eigenvalue weighted by Crippen LogP contribution is -1.87. The first-order valence-electron chi connectivity index (χ1n) is 5.56. The van der Waals surface area contributed by atoms with E-state index in [2.05, 4.69) is 56.3 Å². The molecule has 0 heterocycles. The molecule has 0 N–H and O–H groups in total. The number of hydrogen-bond acceptors (Lipinski definition) is 0. The number of unbranched alkanes of at least 4 members (excludes halogenated alkanes) is 2. The van der Waals surface area contributed by atoms with E-state index in [-0.39, 0.29) is 0 Å². The maximum atomic E-state index is 2.31. The lowest BCUT2D eigenvalue weighted by Gasteiger charge is -2.05. The summed E-state index contributed by atoms with van der Waals surface area (Å²) in [4.78, 5) is 0. The quantitative estimate of drug-likeness (QED) is 0.470. The highest BCUT2D eigenvalue weighted by Crippen LogP contribution is 2.16. The predicted octanol–water partition coefficient (Wildman–Crippen LogP) is 4.54. The first-order chi connectivity index (χ1) is 6.84. The number of rotatable bonds is 5. The van der Waals surface area contributed by atoms with Gasteiger partial charge in [-0.2, -0.15) is 0 Å². The van der Waals surface area contributed by atoms with Crippen LogP contribution in [0.25, 0.3) is 0 Å². The van der Waals surface area contributed by atoms with Gasteiger partial charge < -0.3 is 0 Å². The number of hydrogen-bond donors (Lipinski definition) is 0. The van der Waals surface area contributed by atoms with Crippen LogP contribution in [0.1, 0.15) is 44.6 Å². The smallest absolute Gasteiger partial charge is 0.00104 e. The monoisotopic (exact) mass is 188 g/mol. The van der Waals surface area contributed by atoms with Gasteiger partial charge in [-0.3, -0.25) is 0 Å². The molecule has 0 heteroatoms. The highest BCUT2D eigenvalue weighted by Gasteiger charge is 1.98. The Labute approximate surface area is 87.7 Å². The summed E-state index contributed by atoms with van der Waals surface area (Å²) in [5, 5.41) is 0. The zero-order valence-corrected chi connectivity index (χ0v) is 9.24. The molecule has 14 heavy (non-hydrogen) atoms. The first kappa shape index (κ1) is 11.0. The fraction of sp³-hybridized carbons (Fsp3) is 0.429. The molecule has 1 atom stereocenters. The first-order valence-corrected chi connectivity index (χ1v) is 5.56. The summed E-state index contributed by atoms with van der Waals surface area (Å²) in [6.45, 7) is 4.48. The lowest BCUT2D eigenvalue weighted by molar-refractivity contribution is 0.808. The molecule has 0 nitrogen and oxygen atoms in total. The van der Waals surface area contributed by atoms with Crippen molar-refractivity contribution in [2.45, 2.75) is 39.0 Å². The van der Waals surface area contributed by atoms with Gasteiger partial charge in [0.05, 0.1) is 0 Å². The molecule has 1 aromatic carbocycles. The molecule has 0 fully saturated rings. The molecule has 0 saturated carbocycles. The van der Waals surface area contributed by atoms with Gasteiger partial charge in [-0.1, -0.05) is 69.2 Å². The molecule has 0 aliphatic rings. The van der Waals surface area contributed by atoms with Gasteiger partial charge in [0.25, 0.3) is 0 Å². The summed E-state index contributed by atoms with van der Waals surface area (Å²) in [5.74, 6) is 0.549. The van der Waals surface area contributed by atoms with E-state index in [4.69, 9.17) is 0 Å². The van der Waals surface area contributed by atoms with Crippen LogP contribution in [-0.2, 0) is 0 Å². The van der Waals surface area contributed by atoms with Gasteiger partial charge in [-0.25, -0.2) is 0 Å². The van der Waals surface area contributed by atoms with Crippen molar-refractivity contribution in [3.05, 3.63) is 48.0 Å². The third-order valence-electron chi connectivity index (χ3n) is 2.47. The van der Waals surface area contributed by atoms with Crippen molar-refractivity contribution in [1.82, 2.24) is 0 Å². The van der Waals surface area contributed by atoms with Gasteiger partial charge in [0.2, 0.25) is 0 Å². The van der Waals surface area contributed by atoms with E-state index in [1.165, 1.54) is 24.8 Å². The molecule has 1 aromatic rings. The van der Waals surface area contributed by atoms with Crippen LogP contribution in [0.4, 0.5) is 0 Å². The van der Waals surface area contributed by atoms with Gasteiger partial charge in [0, 0.05) is 0 Å². The Hall–Kier alpha value is -1.04. The van der Waals surface area contributed by atoms with Crippen molar-refractivity contribution >= 4 is 0 Å². The molecule has 0 aromatic heterocycles. The molecule has 1 rings (SSSR count). The summed E-state index contributed by atoms with van der Waals surface area (Å²) < 4.78 is 0. The Kier molecular flexibility index (Phi) is 5.06. The van der Waals surface area contributed by atoms with Crippen LogP contribution in [0.2, 0.25) is 0 Å². The van der Waals surface area contributed by atoms with E-state index in [1.54, 1.807) is 0 Å².